The van der Waals surface area contributed by atoms with Crippen LogP contribution in [0.4, 0.5) is 0 Å². The molecule has 3 heterocycles. The molecule has 2 aliphatic rings. The van der Waals surface area contributed by atoms with Crippen LogP contribution in [0.2, 0.25) is 0 Å². The third kappa shape index (κ3) is 3.26. The minimum Gasteiger partial charge on any atom is -0.300 e. The molecule has 1 aliphatic heterocycles. The van der Waals surface area contributed by atoms with E-state index in [0.717, 1.165) is 32.0 Å². The molecule has 2 aromatic rings. The van der Waals surface area contributed by atoms with Crippen LogP contribution in [0.25, 0.3) is 5.82 Å². The molecule has 0 N–H and O–H groups in total. The lowest BCUT2D eigenvalue weighted by Crippen LogP contribution is -2.41. The second-order valence-electron chi connectivity index (χ2n) is 6.97. The SMILES string of the molecule is O=c1ccc(-n2cncn2)nn1CC1CCN(C2CCCC2)CC1. The van der Waals surface area contributed by atoms with Gasteiger partial charge in [0.15, 0.2) is 5.82 Å². The van der Waals surface area contributed by atoms with Gasteiger partial charge in [-0.15, -0.1) is 5.10 Å². The molecule has 0 radical (unpaired) electrons. The summed E-state index contributed by atoms with van der Waals surface area (Å²) in [6, 6.07) is 4.07. The van der Waals surface area contributed by atoms with Gasteiger partial charge in [-0.2, -0.15) is 5.10 Å². The fourth-order valence-corrected chi connectivity index (χ4v) is 4.03. The van der Waals surface area contributed by atoms with Crippen LogP contribution in [0.3, 0.4) is 0 Å². The number of likely N-dealkylation sites (tertiary alicyclic amines) is 1. The van der Waals surface area contributed by atoms with Crippen molar-refractivity contribution in [1.29, 1.82) is 0 Å². The summed E-state index contributed by atoms with van der Waals surface area (Å²) in [5.74, 6) is 1.16. The zero-order chi connectivity index (χ0) is 16.4. The molecule has 7 nitrogen and oxygen atoms in total. The maximum absolute atomic E-state index is 12.1. The standard InChI is InChI=1S/C17H24N6O/c24-17-6-5-16(23-13-18-12-19-23)20-22(17)11-14-7-9-21(10-8-14)15-3-1-2-4-15/h5-6,12-15H,1-4,7-11H2. The molecule has 0 atom stereocenters. The lowest BCUT2D eigenvalue weighted by Gasteiger charge is -2.36. The first-order valence-corrected chi connectivity index (χ1v) is 8.97. The van der Waals surface area contributed by atoms with Crippen LogP contribution in [0.15, 0.2) is 29.6 Å². The van der Waals surface area contributed by atoms with Gasteiger partial charge in [-0.3, -0.25) is 4.79 Å². The number of aromatic nitrogens is 5. The van der Waals surface area contributed by atoms with E-state index in [2.05, 4.69) is 20.1 Å². The Morgan fingerprint density at radius 3 is 2.58 bits per heavy atom. The van der Waals surface area contributed by atoms with E-state index in [1.165, 1.54) is 32.0 Å². The second kappa shape index (κ2) is 6.84. The van der Waals surface area contributed by atoms with Gasteiger partial charge in [0, 0.05) is 18.7 Å². The first kappa shape index (κ1) is 15.5. The van der Waals surface area contributed by atoms with Crippen LogP contribution in [-0.2, 0) is 6.54 Å². The van der Waals surface area contributed by atoms with Crippen molar-refractivity contribution >= 4 is 0 Å². The van der Waals surface area contributed by atoms with Crippen molar-refractivity contribution in [3.63, 3.8) is 0 Å². The Morgan fingerprint density at radius 1 is 1.08 bits per heavy atom. The van der Waals surface area contributed by atoms with Gasteiger partial charge in [-0.1, -0.05) is 12.8 Å². The molecule has 7 heteroatoms. The van der Waals surface area contributed by atoms with Crippen molar-refractivity contribution in [2.75, 3.05) is 13.1 Å². The molecule has 1 aliphatic carbocycles. The zero-order valence-corrected chi connectivity index (χ0v) is 13.9. The third-order valence-corrected chi connectivity index (χ3v) is 5.43. The van der Waals surface area contributed by atoms with E-state index in [1.807, 2.05) is 0 Å². The van der Waals surface area contributed by atoms with E-state index in [1.54, 1.807) is 27.8 Å². The van der Waals surface area contributed by atoms with E-state index >= 15 is 0 Å². The smallest absolute Gasteiger partial charge is 0.266 e. The number of nitrogens with zero attached hydrogens (tertiary/aromatic N) is 6. The van der Waals surface area contributed by atoms with Gasteiger partial charge in [0.1, 0.15) is 12.7 Å². The Morgan fingerprint density at radius 2 is 1.88 bits per heavy atom. The summed E-state index contributed by atoms with van der Waals surface area (Å²) in [5, 5.41) is 8.54. The van der Waals surface area contributed by atoms with Gasteiger partial charge < -0.3 is 4.90 Å². The molecule has 0 bridgehead atoms. The largest absolute Gasteiger partial charge is 0.300 e. The molecule has 4 rings (SSSR count). The highest BCUT2D eigenvalue weighted by molar-refractivity contribution is 5.16. The minimum absolute atomic E-state index is 0.0444. The Balaban J connectivity index is 1.40. The van der Waals surface area contributed by atoms with Gasteiger partial charge in [0.25, 0.3) is 5.56 Å². The van der Waals surface area contributed by atoms with Gasteiger partial charge in [0.2, 0.25) is 0 Å². The van der Waals surface area contributed by atoms with Gasteiger partial charge in [-0.25, -0.2) is 14.3 Å². The van der Waals surface area contributed by atoms with Crippen LogP contribution in [-0.4, -0.2) is 48.6 Å². The topological polar surface area (TPSA) is 68.8 Å². The summed E-state index contributed by atoms with van der Waals surface area (Å²) < 4.78 is 3.17. The van der Waals surface area contributed by atoms with Gasteiger partial charge in [-0.05, 0) is 50.8 Å². The molecule has 0 aromatic carbocycles. The first-order valence-electron chi connectivity index (χ1n) is 8.97. The summed E-state index contributed by atoms with van der Waals surface area (Å²) in [7, 11) is 0. The molecule has 2 fully saturated rings. The minimum atomic E-state index is -0.0444. The molecule has 0 spiro atoms. The van der Waals surface area contributed by atoms with Crippen molar-refractivity contribution < 1.29 is 0 Å². The molecule has 0 amide bonds. The van der Waals surface area contributed by atoms with Crippen molar-refractivity contribution in [3.05, 3.63) is 35.1 Å². The molecular formula is C17H24N6O. The van der Waals surface area contributed by atoms with Crippen molar-refractivity contribution in [2.24, 2.45) is 5.92 Å². The fraction of sp³-hybridized carbons (Fsp3) is 0.647. The number of rotatable bonds is 4. The summed E-state index contributed by atoms with van der Waals surface area (Å²) in [4.78, 5) is 18.7. The number of piperidine rings is 1. The molecule has 2 aromatic heterocycles. The predicted molar refractivity (Wildman–Crippen MR) is 90.0 cm³/mol. The number of hydrogen-bond acceptors (Lipinski definition) is 5. The predicted octanol–water partition coefficient (Wildman–Crippen LogP) is 1.48. The lowest BCUT2D eigenvalue weighted by molar-refractivity contribution is 0.125. The lowest BCUT2D eigenvalue weighted by atomic mass is 9.95. The molecule has 24 heavy (non-hydrogen) atoms. The maximum Gasteiger partial charge on any atom is 0.266 e. The average Bonchev–Trinajstić information content (AvgIpc) is 3.31. The Kier molecular flexibility index (Phi) is 4.42. The third-order valence-electron chi connectivity index (χ3n) is 5.43. The van der Waals surface area contributed by atoms with Gasteiger partial charge >= 0.3 is 0 Å². The van der Waals surface area contributed by atoms with E-state index in [9.17, 15) is 4.79 Å². The number of hydrogen-bond donors (Lipinski definition) is 0. The highest BCUT2D eigenvalue weighted by Crippen LogP contribution is 2.28. The van der Waals surface area contributed by atoms with E-state index in [0.29, 0.717) is 18.3 Å². The van der Waals surface area contributed by atoms with E-state index in [-0.39, 0.29) is 5.56 Å². The molecule has 1 saturated carbocycles. The highest BCUT2D eigenvalue weighted by atomic mass is 16.1. The summed E-state index contributed by atoms with van der Waals surface area (Å²) in [6.45, 7) is 3.01. The quantitative estimate of drug-likeness (QED) is 0.850. The van der Waals surface area contributed by atoms with Gasteiger partial charge in [0.05, 0.1) is 0 Å². The molecule has 128 valence electrons. The highest BCUT2D eigenvalue weighted by Gasteiger charge is 2.27. The Hall–Kier alpha value is -2.02. The summed E-state index contributed by atoms with van der Waals surface area (Å²) >= 11 is 0. The van der Waals surface area contributed by atoms with Crippen LogP contribution < -0.4 is 5.56 Å². The average molecular weight is 328 g/mol. The Bertz CT molecular complexity index is 711. The molecule has 1 saturated heterocycles. The first-order chi connectivity index (χ1) is 11.8. The second-order valence-corrected chi connectivity index (χ2v) is 6.97. The monoisotopic (exact) mass is 328 g/mol. The van der Waals surface area contributed by atoms with Crippen LogP contribution >= 0.6 is 0 Å². The normalized spacial score (nSPS) is 20.7. The van der Waals surface area contributed by atoms with Crippen LogP contribution in [0.1, 0.15) is 38.5 Å². The fourth-order valence-electron chi connectivity index (χ4n) is 4.03. The van der Waals surface area contributed by atoms with E-state index in [4.69, 9.17) is 0 Å². The van der Waals surface area contributed by atoms with Crippen molar-refractivity contribution in [2.45, 2.75) is 51.1 Å². The summed E-state index contributed by atoms with van der Waals surface area (Å²) in [6.07, 6.45) is 10.9. The van der Waals surface area contributed by atoms with E-state index < -0.39 is 0 Å². The van der Waals surface area contributed by atoms with Crippen LogP contribution in [0.5, 0.6) is 0 Å². The Labute approximate surface area is 141 Å². The molecule has 0 unspecified atom stereocenters. The van der Waals surface area contributed by atoms with Crippen molar-refractivity contribution in [1.82, 2.24) is 29.4 Å². The molecular weight excluding hydrogens is 304 g/mol. The maximum atomic E-state index is 12.1. The van der Waals surface area contributed by atoms with Crippen LogP contribution in [0, 0.1) is 5.92 Å². The van der Waals surface area contributed by atoms with Crippen molar-refractivity contribution in [3.8, 4) is 5.82 Å². The summed E-state index contributed by atoms with van der Waals surface area (Å²) in [5.41, 5.74) is -0.0444. The zero-order valence-electron chi connectivity index (χ0n) is 13.9.